The van der Waals surface area contributed by atoms with Crippen molar-refractivity contribution in [3.63, 3.8) is 0 Å². The zero-order valence-corrected chi connectivity index (χ0v) is 12.4. The molecule has 1 aliphatic heterocycles. The van der Waals surface area contributed by atoms with Crippen molar-refractivity contribution in [1.82, 2.24) is 4.72 Å². The third-order valence-electron chi connectivity index (χ3n) is 3.66. The Morgan fingerprint density at radius 1 is 1.48 bits per heavy atom. The first-order valence-electron chi connectivity index (χ1n) is 6.55. The van der Waals surface area contributed by atoms with E-state index in [1.54, 1.807) is 0 Å². The van der Waals surface area contributed by atoms with E-state index in [4.69, 9.17) is 5.11 Å². The van der Waals surface area contributed by atoms with Gasteiger partial charge in [0, 0.05) is 25.6 Å². The summed E-state index contributed by atoms with van der Waals surface area (Å²) >= 11 is 0. The van der Waals surface area contributed by atoms with Crippen LogP contribution in [-0.4, -0.2) is 51.3 Å². The molecule has 0 bridgehead atoms. The molecular formula is C13H18N2O5S. The lowest BCUT2D eigenvalue weighted by atomic mass is 10.1. The maximum Gasteiger partial charge on any atom is 0.337 e. The third kappa shape index (κ3) is 3.17. The number of carboxylic acids is 1. The lowest BCUT2D eigenvalue weighted by molar-refractivity contribution is 0.0697. The highest BCUT2D eigenvalue weighted by atomic mass is 32.2. The summed E-state index contributed by atoms with van der Waals surface area (Å²) in [5, 5.41) is 18.5. The number of nitrogens with one attached hydrogen (secondary N) is 1. The van der Waals surface area contributed by atoms with Crippen molar-refractivity contribution >= 4 is 21.7 Å². The van der Waals surface area contributed by atoms with E-state index >= 15 is 0 Å². The second-order valence-electron chi connectivity index (χ2n) is 4.97. The van der Waals surface area contributed by atoms with Gasteiger partial charge >= 0.3 is 5.97 Å². The summed E-state index contributed by atoms with van der Waals surface area (Å²) in [6.07, 6.45) is 0.784. The average molecular weight is 314 g/mol. The number of carboxylic acid groups (broad SMARTS) is 1. The summed E-state index contributed by atoms with van der Waals surface area (Å²) in [6, 6.07) is 4.06. The van der Waals surface area contributed by atoms with Crippen LogP contribution in [0.1, 0.15) is 16.8 Å². The number of sulfonamides is 1. The van der Waals surface area contributed by atoms with Crippen LogP contribution in [-0.2, 0) is 10.0 Å². The second-order valence-corrected chi connectivity index (χ2v) is 6.86. The summed E-state index contributed by atoms with van der Waals surface area (Å²) in [4.78, 5) is 13.2. The maximum atomic E-state index is 11.8. The third-order valence-corrected chi connectivity index (χ3v) is 5.07. The van der Waals surface area contributed by atoms with Crippen LogP contribution in [0, 0.1) is 5.92 Å². The van der Waals surface area contributed by atoms with Gasteiger partial charge in [-0.2, -0.15) is 0 Å². The van der Waals surface area contributed by atoms with Crippen LogP contribution < -0.4 is 9.62 Å². The number of aliphatic hydroxyl groups excluding tert-OH is 1. The molecule has 0 amide bonds. The summed E-state index contributed by atoms with van der Waals surface area (Å²) in [5.74, 6) is -1.06. The first kappa shape index (κ1) is 15.7. The topological polar surface area (TPSA) is 107 Å². The zero-order valence-electron chi connectivity index (χ0n) is 11.6. The fourth-order valence-electron chi connectivity index (χ4n) is 2.45. The molecule has 0 aliphatic carbocycles. The Hall–Kier alpha value is -1.64. The Bertz CT molecular complexity index is 644. The number of nitrogens with zero attached hydrogens (tertiary/aromatic N) is 1. The highest BCUT2D eigenvalue weighted by Crippen LogP contribution is 2.29. The Kier molecular flexibility index (Phi) is 4.50. The molecule has 2 rings (SSSR count). The van der Waals surface area contributed by atoms with Gasteiger partial charge in [0.25, 0.3) is 0 Å². The number of rotatable bonds is 5. The average Bonchev–Trinajstić information content (AvgIpc) is 2.95. The van der Waals surface area contributed by atoms with E-state index in [1.807, 2.05) is 4.90 Å². The minimum Gasteiger partial charge on any atom is -0.478 e. The van der Waals surface area contributed by atoms with E-state index < -0.39 is 16.0 Å². The van der Waals surface area contributed by atoms with Crippen molar-refractivity contribution in [3.8, 4) is 0 Å². The SMILES string of the molecule is CNS(=O)(=O)c1ccc(N2CCC(CO)C2)c(C(=O)O)c1. The van der Waals surface area contributed by atoms with Crippen LogP contribution in [0.3, 0.4) is 0 Å². The molecule has 0 saturated carbocycles. The first-order chi connectivity index (χ1) is 9.89. The summed E-state index contributed by atoms with van der Waals surface area (Å²) < 4.78 is 25.7. The lowest BCUT2D eigenvalue weighted by Gasteiger charge is -2.21. The van der Waals surface area contributed by atoms with Crippen LogP contribution in [0.15, 0.2) is 23.1 Å². The molecule has 1 aliphatic rings. The molecule has 116 valence electrons. The molecule has 0 spiro atoms. The van der Waals surface area contributed by atoms with Gasteiger partial charge in [0.1, 0.15) is 0 Å². The smallest absolute Gasteiger partial charge is 0.337 e. The van der Waals surface area contributed by atoms with Crippen molar-refractivity contribution in [3.05, 3.63) is 23.8 Å². The standard InChI is InChI=1S/C13H18N2O5S/c1-14-21(19,20)10-2-3-12(11(6-10)13(17)18)15-5-4-9(7-15)8-16/h2-3,6,9,14,16H,4-5,7-8H2,1H3,(H,17,18). The quantitative estimate of drug-likeness (QED) is 0.712. The van der Waals surface area contributed by atoms with Gasteiger partial charge in [-0.1, -0.05) is 0 Å². The van der Waals surface area contributed by atoms with E-state index in [2.05, 4.69) is 4.72 Å². The number of benzene rings is 1. The summed E-state index contributed by atoms with van der Waals surface area (Å²) in [7, 11) is -2.41. The fourth-order valence-corrected chi connectivity index (χ4v) is 3.20. The Morgan fingerprint density at radius 3 is 2.71 bits per heavy atom. The molecule has 1 unspecified atom stereocenters. The molecule has 1 aromatic rings. The highest BCUT2D eigenvalue weighted by Gasteiger charge is 2.26. The van der Waals surface area contributed by atoms with Crippen LogP contribution >= 0.6 is 0 Å². The van der Waals surface area contributed by atoms with Crippen molar-refractivity contribution in [1.29, 1.82) is 0 Å². The molecule has 0 aromatic heterocycles. The monoisotopic (exact) mass is 314 g/mol. The van der Waals surface area contributed by atoms with Gasteiger partial charge in [0.15, 0.2) is 0 Å². The van der Waals surface area contributed by atoms with Crippen LogP contribution in [0.5, 0.6) is 0 Å². The fraction of sp³-hybridized carbons (Fsp3) is 0.462. The molecule has 21 heavy (non-hydrogen) atoms. The second kappa shape index (κ2) is 6.00. The molecule has 1 fully saturated rings. The van der Waals surface area contributed by atoms with Gasteiger partial charge < -0.3 is 15.1 Å². The molecule has 3 N–H and O–H groups in total. The Morgan fingerprint density at radius 2 is 2.19 bits per heavy atom. The zero-order chi connectivity index (χ0) is 15.6. The number of hydrogen-bond donors (Lipinski definition) is 3. The van der Waals surface area contributed by atoms with Crippen LogP contribution in [0.2, 0.25) is 0 Å². The van der Waals surface area contributed by atoms with E-state index in [-0.39, 0.29) is 23.0 Å². The number of anilines is 1. The van der Waals surface area contributed by atoms with E-state index in [1.165, 1.54) is 19.2 Å². The molecule has 1 saturated heterocycles. The maximum absolute atomic E-state index is 11.8. The van der Waals surface area contributed by atoms with Gasteiger partial charge in [0.05, 0.1) is 16.1 Å². The van der Waals surface area contributed by atoms with Gasteiger partial charge in [-0.05, 0) is 31.7 Å². The van der Waals surface area contributed by atoms with E-state index in [9.17, 15) is 18.3 Å². The minimum atomic E-state index is -3.68. The van der Waals surface area contributed by atoms with E-state index in [0.29, 0.717) is 18.8 Å². The predicted molar refractivity (Wildman–Crippen MR) is 77.1 cm³/mol. The van der Waals surface area contributed by atoms with Crippen LogP contribution in [0.4, 0.5) is 5.69 Å². The number of carbonyl (C=O) groups is 1. The van der Waals surface area contributed by atoms with Crippen molar-refractivity contribution < 1.29 is 23.4 Å². The molecule has 1 atom stereocenters. The van der Waals surface area contributed by atoms with Gasteiger partial charge in [-0.15, -0.1) is 0 Å². The Balaban J connectivity index is 2.42. The summed E-state index contributed by atoms with van der Waals surface area (Å²) in [6.45, 7) is 1.27. The summed E-state index contributed by atoms with van der Waals surface area (Å²) in [5.41, 5.74) is 0.429. The lowest BCUT2D eigenvalue weighted by Crippen LogP contribution is -2.24. The molecule has 1 aromatic carbocycles. The normalized spacial score (nSPS) is 19.0. The van der Waals surface area contributed by atoms with Crippen LogP contribution in [0.25, 0.3) is 0 Å². The molecule has 7 nitrogen and oxygen atoms in total. The Labute approximate surface area is 123 Å². The molecule has 8 heteroatoms. The van der Waals surface area contributed by atoms with E-state index in [0.717, 1.165) is 12.5 Å². The van der Waals surface area contributed by atoms with Gasteiger partial charge in [0.2, 0.25) is 10.0 Å². The number of hydrogen-bond acceptors (Lipinski definition) is 5. The van der Waals surface area contributed by atoms with Crippen molar-refractivity contribution in [2.45, 2.75) is 11.3 Å². The largest absolute Gasteiger partial charge is 0.478 e. The van der Waals surface area contributed by atoms with Crippen molar-refractivity contribution in [2.75, 3.05) is 31.6 Å². The highest BCUT2D eigenvalue weighted by molar-refractivity contribution is 7.89. The molecular weight excluding hydrogens is 296 g/mol. The number of aromatic carboxylic acids is 1. The van der Waals surface area contributed by atoms with Gasteiger partial charge in [-0.3, -0.25) is 0 Å². The van der Waals surface area contributed by atoms with Crippen molar-refractivity contribution in [2.24, 2.45) is 5.92 Å². The predicted octanol–water partition coefficient (Wildman–Crippen LogP) is 0.111. The van der Waals surface area contributed by atoms with Gasteiger partial charge in [-0.25, -0.2) is 17.9 Å². The molecule has 0 radical (unpaired) electrons. The number of aliphatic hydroxyl groups is 1. The minimum absolute atomic E-state index is 0.0510. The first-order valence-corrected chi connectivity index (χ1v) is 8.04. The molecule has 1 heterocycles.